The van der Waals surface area contributed by atoms with Crippen LogP contribution < -0.4 is 0 Å². The van der Waals surface area contributed by atoms with E-state index in [1.165, 1.54) is 103 Å². The fourth-order valence-electron chi connectivity index (χ4n) is 7.07. The highest BCUT2D eigenvalue weighted by molar-refractivity contribution is 5.71. The number of unbranched alkanes of at least 4 members (excludes halogenated alkanes) is 19. The number of hydrogen-bond donors (Lipinski definition) is 0. The van der Waals surface area contributed by atoms with Crippen molar-refractivity contribution in [2.24, 2.45) is 0 Å². The molecule has 0 aliphatic carbocycles. The Kier molecular flexibility index (Phi) is 51.5. The minimum absolute atomic E-state index is 0.123. The van der Waals surface area contributed by atoms with Crippen LogP contribution in [0.15, 0.2) is 109 Å². The maximum absolute atomic E-state index is 12.8. The molecule has 0 rings (SSSR count). The van der Waals surface area contributed by atoms with E-state index in [4.69, 9.17) is 14.2 Å². The van der Waals surface area contributed by atoms with Gasteiger partial charge in [0.05, 0.1) is 0 Å². The van der Waals surface area contributed by atoms with Gasteiger partial charge in [-0.3, -0.25) is 14.4 Å². The van der Waals surface area contributed by atoms with E-state index in [9.17, 15) is 14.4 Å². The lowest BCUT2D eigenvalue weighted by atomic mass is 10.1. The fourth-order valence-corrected chi connectivity index (χ4v) is 7.07. The van der Waals surface area contributed by atoms with Crippen LogP contribution in [0.5, 0.6) is 0 Å². The molecule has 380 valence electrons. The second-order valence-electron chi connectivity index (χ2n) is 17.8. The smallest absolute Gasteiger partial charge is 0.306 e. The van der Waals surface area contributed by atoms with Gasteiger partial charge >= 0.3 is 17.9 Å². The summed E-state index contributed by atoms with van der Waals surface area (Å²) in [6.07, 6.45) is 73.7. The van der Waals surface area contributed by atoms with Crippen molar-refractivity contribution in [2.75, 3.05) is 13.2 Å². The molecule has 0 bridgehead atoms. The Labute approximate surface area is 412 Å². The summed E-state index contributed by atoms with van der Waals surface area (Å²) in [6.45, 7) is 6.47. The molecule has 0 amide bonds. The van der Waals surface area contributed by atoms with Gasteiger partial charge in [-0.25, -0.2) is 0 Å². The molecule has 0 heterocycles. The average molecular weight is 929 g/mol. The van der Waals surface area contributed by atoms with Gasteiger partial charge < -0.3 is 14.2 Å². The quantitative estimate of drug-likeness (QED) is 0.0262. The molecule has 0 fully saturated rings. The minimum atomic E-state index is -0.834. The molecule has 6 heteroatoms. The molecule has 0 aromatic carbocycles. The average Bonchev–Trinajstić information content (AvgIpc) is 3.33. The predicted molar refractivity (Wildman–Crippen MR) is 288 cm³/mol. The van der Waals surface area contributed by atoms with Crippen LogP contribution in [0.2, 0.25) is 0 Å². The second-order valence-corrected chi connectivity index (χ2v) is 17.8. The lowest BCUT2D eigenvalue weighted by Crippen LogP contribution is -2.30. The van der Waals surface area contributed by atoms with Crippen molar-refractivity contribution < 1.29 is 28.6 Å². The predicted octanol–water partition coefficient (Wildman–Crippen LogP) is 18.3. The van der Waals surface area contributed by atoms with Crippen LogP contribution in [-0.4, -0.2) is 37.2 Å². The van der Waals surface area contributed by atoms with Crippen molar-refractivity contribution in [1.82, 2.24) is 0 Å². The molecule has 0 aliphatic rings. The van der Waals surface area contributed by atoms with Crippen LogP contribution in [-0.2, 0) is 28.6 Å². The van der Waals surface area contributed by atoms with E-state index in [1.54, 1.807) is 0 Å². The van der Waals surface area contributed by atoms with E-state index in [1.807, 2.05) is 0 Å². The maximum Gasteiger partial charge on any atom is 0.306 e. The molecule has 0 aliphatic heterocycles. The van der Waals surface area contributed by atoms with Gasteiger partial charge in [-0.1, -0.05) is 207 Å². The summed E-state index contributed by atoms with van der Waals surface area (Å²) in [5.41, 5.74) is 0. The van der Waals surface area contributed by atoms with E-state index in [0.717, 1.165) is 83.5 Å². The van der Waals surface area contributed by atoms with Gasteiger partial charge in [-0.15, -0.1) is 0 Å². The van der Waals surface area contributed by atoms with E-state index < -0.39 is 6.10 Å². The Morgan fingerprint density at radius 1 is 0.299 bits per heavy atom. The monoisotopic (exact) mass is 929 g/mol. The third-order valence-electron chi connectivity index (χ3n) is 11.2. The summed E-state index contributed by atoms with van der Waals surface area (Å²) in [4.78, 5) is 38.0. The first-order valence-corrected chi connectivity index (χ1v) is 27.4. The van der Waals surface area contributed by atoms with Crippen LogP contribution in [0.3, 0.4) is 0 Å². The normalized spacial score (nSPS) is 12.9. The fraction of sp³-hybridized carbons (Fsp3) is 0.656. The van der Waals surface area contributed by atoms with Crippen molar-refractivity contribution in [3.8, 4) is 0 Å². The number of rotatable bonds is 48. The highest BCUT2D eigenvalue weighted by Gasteiger charge is 2.19. The van der Waals surface area contributed by atoms with Gasteiger partial charge in [0.15, 0.2) is 6.10 Å². The summed E-state index contributed by atoms with van der Waals surface area (Å²) in [5.74, 6) is -1.05. The van der Waals surface area contributed by atoms with Crippen LogP contribution in [0, 0.1) is 0 Å². The Morgan fingerprint density at radius 3 is 0.940 bits per heavy atom. The summed E-state index contributed by atoms with van der Waals surface area (Å²) in [6, 6.07) is 0. The highest BCUT2D eigenvalue weighted by Crippen LogP contribution is 2.12. The van der Waals surface area contributed by atoms with Crippen molar-refractivity contribution in [2.45, 2.75) is 245 Å². The van der Waals surface area contributed by atoms with Gasteiger partial charge in [-0.2, -0.15) is 0 Å². The van der Waals surface area contributed by atoms with Crippen LogP contribution in [0.1, 0.15) is 239 Å². The van der Waals surface area contributed by atoms with E-state index in [2.05, 4.69) is 130 Å². The van der Waals surface area contributed by atoms with Crippen LogP contribution in [0.4, 0.5) is 0 Å². The summed E-state index contributed by atoms with van der Waals surface area (Å²) in [5, 5.41) is 0. The second kappa shape index (κ2) is 54.7. The molecule has 6 nitrogen and oxygen atoms in total. The molecule has 0 N–H and O–H groups in total. The van der Waals surface area contributed by atoms with Gasteiger partial charge in [0, 0.05) is 19.3 Å². The molecule has 67 heavy (non-hydrogen) atoms. The summed E-state index contributed by atoms with van der Waals surface area (Å²) < 4.78 is 16.7. The van der Waals surface area contributed by atoms with Gasteiger partial charge in [0.1, 0.15) is 13.2 Å². The molecule has 0 saturated carbocycles. The topological polar surface area (TPSA) is 78.9 Å². The number of ether oxygens (including phenoxy) is 3. The number of hydrogen-bond acceptors (Lipinski definition) is 6. The summed E-state index contributed by atoms with van der Waals surface area (Å²) in [7, 11) is 0. The molecule has 0 spiro atoms. The third-order valence-corrected chi connectivity index (χ3v) is 11.2. The molecule has 0 aromatic heterocycles. The molecule has 1 atom stereocenters. The van der Waals surface area contributed by atoms with Crippen LogP contribution >= 0.6 is 0 Å². The number of allylic oxidation sites excluding steroid dienone is 18. The Hall–Kier alpha value is -3.93. The van der Waals surface area contributed by atoms with Crippen molar-refractivity contribution in [3.05, 3.63) is 109 Å². The third kappa shape index (κ3) is 52.9. The first-order chi connectivity index (χ1) is 33.0. The Morgan fingerprint density at radius 2 is 0.552 bits per heavy atom. The zero-order valence-electron chi connectivity index (χ0n) is 43.4. The molecule has 0 radical (unpaired) electrons. The first kappa shape index (κ1) is 63.1. The largest absolute Gasteiger partial charge is 0.462 e. The van der Waals surface area contributed by atoms with Gasteiger partial charge in [0.2, 0.25) is 0 Å². The van der Waals surface area contributed by atoms with E-state index >= 15 is 0 Å². The van der Waals surface area contributed by atoms with Gasteiger partial charge in [-0.05, 0) is 122 Å². The first-order valence-electron chi connectivity index (χ1n) is 27.4. The minimum Gasteiger partial charge on any atom is -0.462 e. The lowest BCUT2D eigenvalue weighted by molar-refractivity contribution is -0.167. The number of esters is 3. The molecular formula is C61H100O6. The Balaban J connectivity index is 4.59. The zero-order valence-corrected chi connectivity index (χ0v) is 43.4. The molecule has 0 aromatic rings. The molecule has 0 saturated heterocycles. The van der Waals surface area contributed by atoms with E-state index in [0.29, 0.717) is 19.3 Å². The zero-order chi connectivity index (χ0) is 48.6. The highest BCUT2D eigenvalue weighted by atomic mass is 16.6. The van der Waals surface area contributed by atoms with Crippen molar-refractivity contribution in [1.29, 1.82) is 0 Å². The standard InChI is InChI=1S/C61H100O6/c1-4-7-10-13-16-19-22-25-28-30-33-36-39-42-45-48-51-54-60(63)66-57-58(56-65-59(62)53-50-47-44-41-38-35-32-27-24-21-18-15-12-9-6-3)67-61(64)55-52-49-46-43-40-37-34-31-29-26-23-20-17-14-11-8-5-2/h16-17,19-20,25-29,32-34,36-37,42-43,45-46,58H,4-15,18,21-24,30-31,35,38-41,44,47-57H2,1-3H3. The summed E-state index contributed by atoms with van der Waals surface area (Å²) >= 11 is 0. The Bertz CT molecular complexity index is 1390. The molecular weight excluding hydrogens is 829 g/mol. The number of carbonyl (C=O) groups excluding carboxylic acids is 3. The van der Waals surface area contributed by atoms with Crippen molar-refractivity contribution in [3.63, 3.8) is 0 Å². The van der Waals surface area contributed by atoms with Crippen LogP contribution in [0.25, 0.3) is 0 Å². The van der Waals surface area contributed by atoms with Gasteiger partial charge in [0.25, 0.3) is 0 Å². The molecule has 1 unspecified atom stereocenters. The SMILES string of the molecule is CCCCCC=CCC=CCC=CCC=CCCCC(=O)OCC(COC(=O)CCCCCCCC=CCCCCCCCC)OC(=O)CCCC=CCC=CCC=CCC=CCCCCC. The maximum atomic E-state index is 12.8. The lowest BCUT2D eigenvalue weighted by Gasteiger charge is -2.18. The van der Waals surface area contributed by atoms with Crippen molar-refractivity contribution >= 4 is 17.9 Å². The number of carbonyl (C=O) groups is 3. The van der Waals surface area contributed by atoms with E-state index in [-0.39, 0.29) is 44.0 Å².